The van der Waals surface area contributed by atoms with E-state index >= 15 is 0 Å². The topological polar surface area (TPSA) is 32.3 Å². The maximum absolute atomic E-state index is 13.1. The van der Waals surface area contributed by atoms with E-state index in [-0.39, 0.29) is 18.2 Å². The van der Waals surface area contributed by atoms with Crippen molar-refractivity contribution in [2.24, 2.45) is 5.92 Å². The van der Waals surface area contributed by atoms with E-state index in [0.29, 0.717) is 19.3 Å². The summed E-state index contributed by atoms with van der Waals surface area (Å²) in [6.45, 7) is 1.95. The van der Waals surface area contributed by atoms with Crippen molar-refractivity contribution < 1.29 is 18.3 Å². The molecular formula is C16H22F3NO. The van der Waals surface area contributed by atoms with Gasteiger partial charge in [0.2, 0.25) is 0 Å². The van der Waals surface area contributed by atoms with E-state index in [2.05, 4.69) is 5.32 Å². The van der Waals surface area contributed by atoms with Crippen LogP contribution in [-0.2, 0) is 0 Å². The van der Waals surface area contributed by atoms with Crippen LogP contribution in [0.5, 0.6) is 5.75 Å². The zero-order chi connectivity index (χ0) is 15.5. The predicted molar refractivity (Wildman–Crippen MR) is 76.1 cm³/mol. The molecule has 0 aromatic heterocycles. The zero-order valence-corrected chi connectivity index (χ0v) is 12.2. The molecule has 1 aromatic rings. The van der Waals surface area contributed by atoms with E-state index < -0.39 is 18.1 Å². The van der Waals surface area contributed by atoms with Crippen molar-refractivity contribution in [2.45, 2.75) is 57.3 Å². The molecule has 3 atom stereocenters. The van der Waals surface area contributed by atoms with Crippen LogP contribution >= 0.6 is 0 Å². The first kappa shape index (κ1) is 16.1. The molecule has 1 saturated carbocycles. The van der Waals surface area contributed by atoms with Crippen LogP contribution in [0, 0.1) is 5.92 Å². The van der Waals surface area contributed by atoms with E-state index in [1.807, 2.05) is 6.92 Å². The highest BCUT2D eigenvalue weighted by atomic mass is 19.4. The van der Waals surface area contributed by atoms with E-state index in [1.54, 1.807) is 24.3 Å². The lowest BCUT2D eigenvalue weighted by Gasteiger charge is -2.36. The quantitative estimate of drug-likeness (QED) is 0.855. The molecule has 0 aliphatic heterocycles. The SMILES string of the molecule is CCC(NC1CCCCC1C(F)(F)F)c1ccc(O)cc1. The highest BCUT2D eigenvalue weighted by Crippen LogP contribution is 2.38. The Morgan fingerprint density at radius 2 is 1.81 bits per heavy atom. The minimum absolute atomic E-state index is 0.112. The van der Waals surface area contributed by atoms with Gasteiger partial charge in [0, 0.05) is 12.1 Å². The van der Waals surface area contributed by atoms with Gasteiger partial charge in [-0.2, -0.15) is 13.2 Å². The highest BCUT2D eigenvalue weighted by molar-refractivity contribution is 5.28. The summed E-state index contributed by atoms with van der Waals surface area (Å²) in [6, 6.07) is 6.05. The lowest BCUT2D eigenvalue weighted by molar-refractivity contribution is -0.189. The molecule has 5 heteroatoms. The molecule has 0 bridgehead atoms. The molecule has 21 heavy (non-hydrogen) atoms. The zero-order valence-electron chi connectivity index (χ0n) is 12.2. The van der Waals surface area contributed by atoms with E-state index in [0.717, 1.165) is 12.0 Å². The van der Waals surface area contributed by atoms with Gasteiger partial charge in [0.05, 0.1) is 5.92 Å². The minimum atomic E-state index is -4.13. The van der Waals surface area contributed by atoms with E-state index in [9.17, 15) is 18.3 Å². The van der Waals surface area contributed by atoms with Crippen molar-refractivity contribution in [1.29, 1.82) is 0 Å². The normalized spacial score (nSPS) is 24.8. The van der Waals surface area contributed by atoms with Crippen LogP contribution in [0.1, 0.15) is 50.6 Å². The molecule has 0 radical (unpaired) electrons. The number of phenolic OH excluding ortho intramolecular Hbond substituents is 1. The third kappa shape index (κ3) is 4.13. The second kappa shape index (κ2) is 6.69. The molecule has 0 spiro atoms. The van der Waals surface area contributed by atoms with Gasteiger partial charge in [0.15, 0.2) is 0 Å². The Morgan fingerprint density at radius 1 is 1.19 bits per heavy atom. The first-order valence-corrected chi connectivity index (χ1v) is 7.53. The first-order valence-electron chi connectivity index (χ1n) is 7.53. The van der Waals surface area contributed by atoms with Gasteiger partial charge < -0.3 is 10.4 Å². The van der Waals surface area contributed by atoms with Gasteiger partial charge in [-0.05, 0) is 37.0 Å². The second-order valence-electron chi connectivity index (χ2n) is 5.76. The van der Waals surface area contributed by atoms with Crippen LogP contribution in [-0.4, -0.2) is 17.3 Å². The maximum atomic E-state index is 13.1. The smallest absolute Gasteiger partial charge is 0.393 e. The fourth-order valence-corrected chi connectivity index (χ4v) is 3.14. The van der Waals surface area contributed by atoms with Crippen molar-refractivity contribution in [1.82, 2.24) is 5.32 Å². The van der Waals surface area contributed by atoms with Crippen molar-refractivity contribution in [3.8, 4) is 5.75 Å². The third-order valence-corrected chi connectivity index (χ3v) is 4.31. The van der Waals surface area contributed by atoms with Gasteiger partial charge in [-0.3, -0.25) is 0 Å². The molecule has 0 amide bonds. The molecule has 1 aromatic carbocycles. The van der Waals surface area contributed by atoms with Crippen molar-refractivity contribution >= 4 is 0 Å². The molecule has 0 heterocycles. The molecule has 2 nitrogen and oxygen atoms in total. The number of alkyl halides is 3. The fourth-order valence-electron chi connectivity index (χ4n) is 3.14. The number of rotatable bonds is 4. The Labute approximate surface area is 123 Å². The largest absolute Gasteiger partial charge is 0.508 e. The van der Waals surface area contributed by atoms with Gasteiger partial charge in [-0.15, -0.1) is 0 Å². The van der Waals surface area contributed by atoms with Gasteiger partial charge >= 0.3 is 6.18 Å². The Hall–Kier alpha value is -1.23. The summed E-state index contributed by atoms with van der Waals surface area (Å²) in [7, 11) is 0. The number of hydrogen-bond acceptors (Lipinski definition) is 2. The number of nitrogens with one attached hydrogen (secondary N) is 1. The summed E-state index contributed by atoms with van der Waals surface area (Å²) in [4.78, 5) is 0. The van der Waals surface area contributed by atoms with Crippen LogP contribution in [0.4, 0.5) is 13.2 Å². The molecule has 118 valence electrons. The molecule has 3 unspecified atom stereocenters. The van der Waals surface area contributed by atoms with E-state index in [1.165, 1.54) is 0 Å². The van der Waals surface area contributed by atoms with Crippen molar-refractivity contribution in [3.05, 3.63) is 29.8 Å². The fraction of sp³-hybridized carbons (Fsp3) is 0.625. The average Bonchev–Trinajstić information content (AvgIpc) is 2.45. The van der Waals surface area contributed by atoms with Crippen LogP contribution < -0.4 is 5.32 Å². The van der Waals surface area contributed by atoms with Crippen molar-refractivity contribution in [3.63, 3.8) is 0 Å². The predicted octanol–water partition coefficient (Wildman–Crippen LogP) is 4.55. The van der Waals surface area contributed by atoms with Gasteiger partial charge in [0.25, 0.3) is 0 Å². The molecule has 1 aliphatic carbocycles. The first-order chi connectivity index (χ1) is 9.91. The lowest BCUT2D eigenvalue weighted by atomic mass is 9.83. The summed E-state index contributed by atoms with van der Waals surface area (Å²) >= 11 is 0. The summed E-state index contributed by atoms with van der Waals surface area (Å²) in [6.07, 6.45) is -1.14. The Morgan fingerprint density at radius 3 is 2.38 bits per heavy atom. The Kier molecular flexibility index (Phi) is 5.14. The van der Waals surface area contributed by atoms with Crippen LogP contribution in [0.2, 0.25) is 0 Å². The molecule has 2 N–H and O–H groups in total. The number of halogens is 3. The number of hydrogen-bond donors (Lipinski definition) is 2. The number of benzene rings is 1. The number of aromatic hydroxyl groups is 1. The van der Waals surface area contributed by atoms with Crippen LogP contribution in [0.3, 0.4) is 0 Å². The lowest BCUT2D eigenvalue weighted by Crippen LogP contribution is -2.46. The summed E-state index contributed by atoms with van der Waals surface area (Å²) < 4.78 is 39.4. The van der Waals surface area contributed by atoms with Crippen LogP contribution in [0.15, 0.2) is 24.3 Å². The second-order valence-corrected chi connectivity index (χ2v) is 5.76. The van der Waals surface area contributed by atoms with E-state index in [4.69, 9.17) is 0 Å². The molecule has 2 rings (SSSR count). The Bertz CT molecular complexity index is 444. The molecule has 0 saturated heterocycles. The summed E-state index contributed by atoms with van der Waals surface area (Å²) in [5, 5.41) is 12.5. The van der Waals surface area contributed by atoms with Crippen molar-refractivity contribution in [2.75, 3.05) is 0 Å². The highest BCUT2D eigenvalue weighted by Gasteiger charge is 2.45. The molecular weight excluding hydrogens is 279 g/mol. The third-order valence-electron chi connectivity index (χ3n) is 4.31. The number of phenols is 1. The molecule has 1 fully saturated rings. The van der Waals surface area contributed by atoms with Gasteiger partial charge in [0.1, 0.15) is 5.75 Å². The monoisotopic (exact) mass is 301 g/mol. The van der Waals surface area contributed by atoms with Gasteiger partial charge in [-0.1, -0.05) is 31.9 Å². The minimum Gasteiger partial charge on any atom is -0.508 e. The van der Waals surface area contributed by atoms with Crippen LogP contribution in [0.25, 0.3) is 0 Å². The Balaban J connectivity index is 2.10. The standard InChI is InChI=1S/C16H22F3NO/c1-2-14(11-7-9-12(21)10-8-11)20-15-6-4-3-5-13(15)16(17,18)19/h7-10,13-15,20-21H,2-6H2,1H3. The summed E-state index contributed by atoms with van der Waals surface area (Å²) in [5.41, 5.74) is 0.918. The maximum Gasteiger partial charge on any atom is 0.393 e. The summed E-state index contributed by atoms with van der Waals surface area (Å²) in [5.74, 6) is -1.09. The average molecular weight is 301 g/mol. The van der Waals surface area contributed by atoms with Gasteiger partial charge in [-0.25, -0.2) is 0 Å². The molecule has 1 aliphatic rings.